The molecule has 1 aliphatic heterocycles. The van der Waals surface area contributed by atoms with Crippen LogP contribution in [0.15, 0.2) is 36.4 Å². The third-order valence-corrected chi connectivity index (χ3v) is 6.84. The first-order chi connectivity index (χ1) is 18.7. The van der Waals surface area contributed by atoms with E-state index < -0.39 is 59.1 Å². The van der Waals surface area contributed by atoms with Gasteiger partial charge in [0.2, 0.25) is 0 Å². The number of hydrogen-bond acceptors (Lipinski definition) is 3. The summed E-state index contributed by atoms with van der Waals surface area (Å²) in [5.41, 5.74) is -3.11. The third-order valence-electron chi connectivity index (χ3n) is 6.84. The van der Waals surface area contributed by atoms with Crippen molar-refractivity contribution in [3.05, 3.63) is 70.0 Å². The van der Waals surface area contributed by atoms with Gasteiger partial charge in [0.1, 0.15) is 11.4 Å². The highest BCUT2D eigenvalue weighted by Crippen LogP contribution is 2.39. The van der Waals surface area contributed by atoms with E-state index in [0.29, 0.717) is 23.3 Å². The molecule has 0 aromatic heterocycles. The number of carbonyl (C=O) groups is 2. The van der Waals surface area contributed by atoms with Crippen LogP contribution < -0.4 is 0 Å². The summed E-state index contributed by atoms with van der Waals surface area (Å²) in [7, 11) is 1.27. The number of piperazine rings is 1. The number of amides is 3. The van der Waals surface area contributed by atoms with Gasteiger partial charge in [-0.1, -0.05) is 6.07 Å². The maximum atomic E-state index is 13.9. The topological polar surface area (TPSA) is 53.1 Å². The molecule has 0 unspecified atom stereocenters. The SMILES string of the molecule is Cc1cc(F)ccc1[C@H]1CN(C(=O)OC(C)(C)C)CCN1C(=O)N(C)[C@H](C)c1cc(C(F)(F)F)cc(C(F)(F)F)c1. The van der Waals surface area contributed by atoms with Crippen LogP contribution in [0.3, 0.4) is 0 Å². The Morgan fingerprint density at radius 3 is 2.00 bits per heavy atom. The van der Waals surface area contributed by atoms with Crippen LogP contribution in [0.4, 0.5) is 40.3 Å². The van der Waals surface area contributed by atoms with Crippen molar-refractivity contribution < 1.29 is 45.1 Å². The van der Waals surface area contributed by atoms with E-state index in [2.05, 4.69) is 0 Å². The van der Waals surface area contributed by atoms with E-state index in [4.69, 9.17) is 4.74 Å². The average Bonchev–Trinajstić information content (AvgIpc) is 2.84. The largest absolute Gasteiger partial charge is 0.444 e. The van der Waals surface area contributed by atoms with Gasteiger partial charge in [0.25, 0.3) is 0 Å². The lowest BCUT2D eigenvalue weighted by atomic mass is 9.97. The highest BCUT2D eigenvalue weighted by molar-refractivity contribution is 5.76. The minimum atomic E-state index is -5.04. The highest BCUT2D eigenvalue weighted by Gasteiger charge is 2.40. The zero-order valence-corrected chi connectivity index (χ0v) is 23.5. The number of urea groups is 1. The highest BCUT2D eigenvalue weighted by atomic mass is 19.4. The molecule has 3 amide bonds. The average molecular weight is 592 g/mol. The van der Waals surface area contributed by atoms with Gasteiger partial charge in [0.05, 0.1) is 23.2 Å². The Labute approximate surface area is 233 Å². The maximum Gasteiger partial charge on any atom is 0.416 e. The molecule has 0 spiro atoms. The number of alkyl halides is 6. The van der Waals surface area contributed by atoms with Crippen LogP contribution in [0.2, 0.25) is 0 Å². The van der Waals surface area contributed by atoms with Gasteiger partial charge in [-0.05, 0) is 81.6 Å². The van der Waals surface area contributed by atoms with Crippen molar-refractivity contribution in [3.8, 4) is 0 Å². The number of aryl methyl sites for hydroxylation is 1. The van der Waals surface area contributed by atoms with Crippen molar-refractivity contribution in [1.82, 2.24) is 14.7 Å². The Hall–Kier alpha value is -3.51. The number of hydrogen-bond donors (Lipinski definition) is 0. The van der Waals surface area contributed by atoms with E-state index in [0.717, 1.165) is 4.90 Å². The van der Waals surface area contributed by atoms with Gasteiger partial charge in [-0.2, -0.15) is 26.3 Å². The second-order valence-electron chi connectivity index (χ2n) is 11.0. The Bertz CT molecular complexity index is 1260. The fraction of sp³-hybridized carbons (Fsp3) is 0.500. The van der Waals surface area contributed by atoms with Crippen LogP contribution >= 0.6 is 0 Å². The molecule has 1 aliphatic rings. The molecule has 2 aromatic carbocycles. The van der Waals surface area contributed by atoms with E-state index in [1.807, 2.05) is 0 Å². The first kappa shape index (κ1) is 32.0. The Morgan fingerprint density at radius 2 is 1.51 bits per heavy atom. The normalized spacial score (nSPS) is 17.3. The quantitative estimate of drug-likeness (QED) is 0.346. The summed E-state index contributed by atoms with van der Waals surface area (Å²) in [6.45, 7) is 8.04. The predicted octanol–water partition coefficient (Wildman–Crippen LogP) is 7.58. The van der Waals surface area contributed by atoms with Gasteiger partial charge in [-0.3, -0.25) is 0 Å². The van der Waals surface area contributed by atoms with Crippen LogP contribution in [-0.4, -0.2) is 59.1 Å². The van der Waals surface area contributed by atoms with E-state index in [-0.39, 0.29) is 31.3 Å². The molecule has 2 atom stereocenters. The number of nitrogens with zero attached hydrogens (tertiary/aromatic N) is 3. The number of halogens is 7. The number of rotatable bonds is 3. The molecule has 0 N–H and O–H groups in total. The molecule has 226 valence electrons. The zero-order valence-electron chi connectivity index (χ0n) is 23.5. The second-order valence-corrected chi connectivity index (χ2v) is 11.0. The number of benzene rings is 2. The fourth-order valence-electron chi connectivity index (χ4n) is 4.60. The molecule has 1 heterocycles. The molecule has 2 aromatic rings. The van der Waals surface area contributed by atoms with Crippen LogP contribution in [0.25, 0.3) is 0 Å². The minimum Gasteiger partial charge on any atom is -0.444 e. The molecule has 41 heavy (non-hydrogen) atoms. The van der Waals surface area contributed by atoms with Crippen molar-refractivity contribution >= 4 is 12.1 Å². The first-order valence-corrected chi connectivity index (χ1v) is 12.8. The summed E-state index contributed by atoms with van der Waals surface area (Å²) in [6, 6.07) is 2.46. The van der Waals surface area contributed by atoms with Gasteiger partial charge in [0.15, 0.2) is 0 Å². The number of carbonyl (C=O) groups excluding carboxylic acids is 2. The smallest absolute Gasteiger partial charge is 0.416 e. The van der Waals surface area contributed by atoms with Gasteiger partial charge < -0.3 is 19.4 Å². The molecular formula is C28H32F7N3O3. The van der Waals surface area contributed by atoms with Crippen LogP contribution in [0.1, 0.15) is 67.6 Å². The second kappa shape index (κ2) is 11.4. The summed E-state index contributed by atoms with van der Waals surface area (Å²) in [4.78, 5) is 30.4. The molecule has 0 bridgehead atoms. The molecule has 13 heteroatoms. The summed E-state index contributed by atoms with van der Waals surface area (Å²) in [5, 5.41) is 0. The minimum absolute atomic E-state index is 0.0208. The lowest BCUT2D eigenvalue weighted by Crippen LogP contribution is -2.55. The van der Waals surface area contributed by atoms with Crippen LogP contribution in [0.5, 0.6) is 0 Å². The van der Waals surface area contributed by atoms with Gasteiger partial charge in [-0.25, -0.2) is 14.0 Å². The summed E-state index contributed by atoms with van der Waals surface area (Å²) in [6.07, 6.45) is -10.7. The van der Waals surface area contributed by atoms with Crippen molar-refractivity contribution in [1.29, 1.82) is 0 Å². The van der Waals surface area contributed by atoms with Crippen LogP contribution in [-0.2, 0) is 17.1 Å². The van der Waals surface area contributed by atoms with E-state index in [1.54, 1.807) is 27.7 Å². The Kier molecular flexibility index (Phi) is 8.90. The van der Waals surface area contributed by atoms with Crippen molar-refractivity contribution in [2.45, 2.75) is 64.7 Å². The first-order valence-electron chi connectivity index (χ1n) is 12.8. The summed E-state index contributed by atoms with van der Waals surface area (Å²) < 4.78 is 99.9. The standard InChI is InChI=1S/C28H32F7N3O3/c1-16-11-21(29)7-8-22(16)23-15-37(25(40)41-26(3,4)5)9-10-38(23)24(39)36(6)17(2)18-12-19(27(30,31)32)14-20(13-18)28(33,34)35/h7-8,11-14,17,23H,9-10,15H2,1-6H3/t17-,23-/m1/s1. The van der Waals surface area contributed by atoms with Crippen molar-refractivity contribution in [2.24, 2.45) is 0 Å². The lowest BCUT2D eigenvalue weighted by molar-refractivity contribution is -0.143. The van der Waals surface area contributed by atoms with Crippen molar-refractivity contribution in [3.63, 3.8) is 0 Å². The van der Waals surface area contributed by atoms with E-state index in [9.17, 15) is 40.3 Å². The third kappa shape index (κ3) is 7.62. The van der Waals surface area contributed by atoms with Crippen LogP contribution in [0, 0.1) is 12.7 Å². The van der Waals surface area contributed by atoms with Crippen molar-refractivity contribution in [2.75, 3.05) is 26.7 Å². The maximum absolute atomic E-state index is 13.9. The van der Waals surface area contributed by atoms with Gasteiger partial charge >= 0.3 is 24.5 Å². The Balaban J connectivity index is 1.97. The molecule has 6 nitrogen and oxygen atoms in total. The number of ether oxygens (including phenoxy) is 1. The summed E-state index contributed by atoms with van der Waals surface area (Å²) >= 11 is 0. The lowest BCUT2D eigenvalue weighted by Gasteiger charge is -2.44. The molecule has 3 rings (SSSR count). The molecule has 1 saturated heterocycles. The molecule has 0 aliphatic carbocycles. The molecule has 1 fully saturated rings. The monoisotopic (exact) mass is 591 g/mol. The molecular weight excluding hydrogens is 559 g/mol. The Morgan fingerprint density at radius 1 is 0.951 bits per heavy atom. The van der Waals surface area contributed by atoms with Gasteiger partial charge in [0, 0.05) is 26.7 Å². The van der Waals surface area contributed by atoms with Gasteiger partial charge in [-0.15, -0.1) is 0 Å². The summed E-state index contributed by atoms with van der Waals surface area (Å²) in [5.74, 6) is -0.514. The van der Waals surface area contributed by atoms with E-state index in [1.165, 1.54) is 42.0 Å². The van der Waals surface area contributed by atoms with E-state index >= 15 is 0 Å². The fourth-order valence-corrected chi connectivity index (χ4v) is 4.60. The zero-order chi connectivity index (χ0) is 31.1. The predicted molar refractivity (Wildman–Crippen MR) is 136 cm³/mol. The molecule has 0 saturated carbocycles. The molecule has 0 radical (unpaired) electrons.